The number of anilines is 1. The fourth-order valence-electron chi connectivity index (χ4n) is 3.23. The lowest BCUT2D eigenvalue weighted by Gasteiger charge is -2.38. The molecule has 0 saturated carbocycles. The summed E-state index contributed by atoms with van der Waals surface area (Å²) in [6, 6.07) is 6.20. The molecule has 1 fully saturated rings. The van der Waals surface area contributed by atoms with Crippen LogP contribution in [0.25, 0.3) is 10.8 Å². The van der Waals surface area contributed by atoms with Crippen LogP contribution >= 0.6 is 15.9 Å². The minimum absolute atomic E-state index is 0.0849. The SMILES string of the molecule is Cc1cc(Br)c2cc(N3CCC(C)(C)CC3)n(C)c(=O)c2c1. The topological polar surface area (TPSA) is 25.2 Å². The molecule has 3 nitrogen and oxygen atoms in total. The summed E-state index contributed by atoms with van der Waals surface area (Å²) in [7, 11) is 1.88. The molecule has 4 heteroatoms. The number of halogens is 1. The van der Waals surface area contributed by atoms with E-state index in [9.17, 15) is 4.79 Å². The fraction of sp³-hybridized carbons (Fsp3) is 0.500. The highest BCUT2D eigenvalue weighted by atomic mass is 79.9. The average molecular weight is 363 g/mol. The number of nitrogens with zero attached hydrogens (tertiary/aromatic N) is 2. The zero-order valence-electron chi connectivity index (χ0n) is 13.7. The van der Waals surface area contributed by atoms with E-state index in [0.717, 1.165) is 52.6 Å². The first-order valence-corrected chi connectivity index (χ1v) is 8.63. The van der Waals surface area contributed by atoms with Crippen molar-refractivity contribution in [3.63, 3.8) is 0 Å². The number of pyridine rings is 1. The summed E-state index contributed by atoms with van der Waals surface area (Å²) in [5.74, 6) is 1.03. The first-order valence-electron chi connectivity index (χ1n) is 7.83. The molecular weight excluding hydrogens is 340 g/mol. The monoisotopic (exact) mass is 362 g/mol. The van der Waals surface area contributed by atoms with Crippen molar-refractivity contribution in [3.8, 4) is 0 Å². The summed E-state index contributed by atoms with van der Waals surface area (Å²) in [5, 5.41) is 1.80. The molecule has 0 spiro atoms. The minimum atomic E-state index is 0.0849. The Labute approximate surface area is 140 Å². The van der Waals surface area contributed by atoms with E-state index >= 15 is 0 Å². The highest BCUT2D eigenvalue weighted by Gasteiger charge is 2.26. The molecule has 0 amide bonds. The van der Waals surface area contributed by atoms with Crippen LogP contribution in [0.2, 0.25) is 0 Å². The van der Waals surface area contributed by atoms with Crippen LogP contribution in [-0.4, -0.2) is 17.7 Å². The van der Waals surface area contributed by atoms with Gasteiger partial charge in [-0.3, -0.25) is 9.36 Å². The quantitative estimate of drug-likeness (QED) is 0.757. The number of hydrogen-bond donors (Lipinski definition) is 0. The van der Waals surface area contributed by atoms with Gasteiger partial charge in [-0.25, -0.2) is 0 Å². The maximum Gasteiger partial charge on any atom is 0.259 e. The van der Waals surface area contributed by atoms with E-state index < -0.39 is 0 Å². The zero-order chi connectivity index (χ0) is 16.1. The number of fused-ring (bicyclic) bond motifs is 1. The van der Waals surface area contributed by atoms with E-state index in [4.69, 9.17) is 0 Å². The maximum atomic E-state index is 12.7. The van der Waals surface area contributed by atoms with Crippen molar-refractivity contribution >= 4 is 32.5 Å². The molecule has 1 aliphatic rings. The summed E-state index contributed by atoms with van der Waals surface area (Å²) >= 11 is 3.62. The van der Waals surface area contributed by atoms with Crippen LogP contribution in [0.4, 0.5) is 5.82 Å². The van der Waals surface area contributed by atoms with Gasteiger partial charge in [0.25, 0.3) is 5.56 Å². The van der Waals surface area contributed by atoms with Gasteiger partial charge in [0.05, 0.1) is 0 Å². The Morgan fingerprint density at radius 1 is 1.09 bits per heavy atom. The number of piperidine rings is 1. The normalized spacial score (nSPS) is 18.0. The predicted octanol–water partition coefficient (Wildman–Crippen LogP) is 4.24. The van der Waals surface area contributed by atoms with E-state index in [1.807, 2.05) is 20.0 Å². The van der Waals surface area contributed by atoms with Gasteiger partial charge in [0.15, 0.2) is 0 Å². The lowest BCUT2D eigenvalue weighted by molar-refractivity contribution is 0.278. The van der Waals surface area contributed by atoms with Gasteiger partial charge in [-0.1, -0.05) is 29.8 Å². The Morgan fingerprint density at radius 3 is 2.36 bits per heavy atom. The van der Waals surface area contributed by atoms with Gasteiger partial charge in [0.1, 0.15) is 5.82 Å². The van der Waals surface area contributed by atoms with Crippen molar-refractivity contribution < 1.29 is 0 Å². The van der Waals surface area contributed by atoms with Gasteiger partial charge in [0.2, 0.25) is 0 Å². The molecule has 22 heavy (non-hydrogen) atoms. The Kier molecular flexibility index (Phi) is 3.84. The molecule has 2 heterocycles. The molecule has 1 aromatic heterocycles. The van der Waals surface area contributed by atoms with Gasteiger partial charge in [-0.15, -0.1) is 0 Å². The fourth-order valence-corrected chi connectivity index (χ4v) is 3.92. The number of benzene rings is 1. The summed E-state index contributed by atoms with van der Waals surface area (Å²) in [6.07, 6.45) is 2.32. The average Bonchev–Trinajstić information content (AvgIpc) is 2.44. The second-order valence-corrected chi connectivity index (χ2v) is 8.08. The van der Waals surface area contributed by atoms with E-state index in [-0.39, 0.29) is 5.56 Å². The third-order valence-corrected chi connectivity index (χ3v) is 5.52. The van der Waals surface area contributed by atoms with Crippen LogP contribution < -0.4 is 10.5 Å². The molecule has 1 aromatic carbocycles. The molecule has 0 radical (unpaired) electrons. The summed E-state index contributed by atoms with van der Waals surface area (Å²) in [6.45, 7) is 8.68. The van der Waals surface area contributed by atoms with Crippen LogP contribution in [0.3, 0.4) is 0 Å². The van der Waals surface area contributed by atoms with Crippen LogP contribution in [0.5, 0.6) is 0 Å². The number of rotatable bonds is 1. The van der Waals surface area contributed by atoms with Gasteiger partial charge in [-0.2, -0.15) is 0 Å². The maximum absolute atomic E-state index is 12.7. The number of hydrogen-bond acceptors (Lipinski definition) is 2. The Bertz CT molecular complexity index is 782. The summed E-state index contributed by atoms with van der Waals surface area (Å²) in [4.78, 5) is 15.1. The van der Waals surface area contributed by atoms with Crippen molar-refractivity contribution in [2.45, 2.75) is 33.6 Å². The molecule has 1 saturated heterocycles. The molecular formula is C18H23BrN2O. The third-order valence-electron chi connectivity index (χ3n) is 4.87. The van der Waals surface area contributed by atoms with Gasteiger partial charge in [0, 0.05) is 35.4 Å². The number of aryl methyl sites for hydroxylation is 1. The molecule has 118 valence electrons. The smallest absolute Gasteiger partial charge is 0.259 e. The summed E-state index contributed by atoms with van der Waals surface area (Å²) < 4.78 is 2.80. The van der Waals surface area contributed by atoms with Crippen molar-refractivity contribution in [2.75, 3.05) is 18.0 Å². The van der Waals surface area contributed by atoms with E-state index in [0.29, 0.717) is 5.41 Å². The van der Waals surface area contributed by atoms with Crippen LogP contribution in [0.1, 0.15) is 32.3 Å². The lowest BCUT2D eigenvalue weighted by Crippen LogP contribution is -2.40. The first-order chi connectivity index (χ1) is 10.3. The second-order valence-electron chi connectivity index (χ2n) is 7.23. The van der Waals surface area contributed by atoms with Gasteiger partial charge < -0.3 is 4.90 Å². The molecule has 0 bridgehead atoms. The Balaban J connectivity index is 2.12. The largest absolute Gasteiger partial charge is 0.358 e. The van der Waals surface area contributed by atoms with Crippen molar-refractivity contribution in [1.82, 2.24) is 4.57 Å². The molecule has 3 rings (SSSR count). The third kappa shape index (κ3) is 2.69. The van der Waals surface area contributed by atoms with Gasteiger partial charge in [-0.05, 0) is 48.9 Å². The standard InChI is InChI=1S/C18H23BrN2O/c1-12-9-14-13(15(19)10-12)11-16(20(4)17(14)22)21-7-5-18(2,3)6-8-21/h9-11H,5-8H2,1-4H3. The van der Waals surface area contributed by atoms with Crippen molar-refractivity contribution in [2.24, 2.45) is 12.5 Å². The van der Waals surface area contributed by atoms with Crippen molar-refractivity contribution in [1.29, 1.82) is 0 Å². The molecule has 0 atom stereocenters. The second kappa shape index (κ2) is 5.41. The molecule has 0 N–H and O–H groups in total. The minimum Gasteiger partial charge on any atom is -0.358 e. The van der Waals surface area contributed by atoms with Crippen molar-refractivity contribution in [3.05, 3.63) is 38.6 Å². The molecule has 0 unspecified atom stereocenters. The molecule has 2 aromatic rings. The van der Waals surface area contributed by atoms with Gasteiger partial charge >= 0.3 is 0 Å². The van der Waals surface area contributed by atoms with E-state index in [2.05, 4.69) is 46.8 Å². The van der Waals surface area contributed by atoms with E-state index in [1.165, 1.54) is 0 Å². The molecule has 1 aliphatic heterocycles. The predicted molar refractivity (Wildman–Crippen MR) is 96.9 cm³/mol. The van der Waals surface area contributed by atoms with Crippen LogP contribution in [0.15, 0.2) is 27.5 Å². The number of aromatic nitrogens is 1. The first kappa shape index (κ1) is 15.6. The van der Waals surface area contributed by atoms with Crippen LogP contribution in [-0.2, 0) is 7.05 Å². The Hall–Kier alpha value is -1.29. The zero-order valence-corrected chi connectivity index (χ0v) is 15.3. The lowest BCUT2D eigenvalue weighted by atomic mass is 9.83. The van der Waals surface area contributed by atoms with E-state index in [1.54, 1.807) is 4.57 Å². The molecule has 0 aliphatic carbocycles. The van der Waals surface area contributed by atoms with Crippen LogP contribution in [0, 0.1) is 12.3 Å². The highest BCUT2D eigenvalue weighted by molar-refractivity contribution is 9.10. The summed E-state index contributed by atoms with van der Waals surface area (Å²) in [5.41, 5.74) is 1.59. The Morgan fingerprint density at radius 2 is 1.73 bits per heavy atom. The highest BCUT2D eigenvalue weighted by Crippen LogP contribution is 2.33.